The molecular formula is C14H13Cl2F3N4S. The molecule has 4 nitrogen and oxygen atoms in total. The highest BCUT2D eigenvalue weighted by molar-refractivity contribution is 7.09. The number of alkyl halides is 3. The molecule has 2 aromatic rings. The van der Waals surface area contributed by atoms with E-state index in [0.717, 1.165) is 22.3 Å². The number of hydrogen-bond donors (Lipinski definition) is 2. The molecule has 0 amide bonds. The lowest BCUT2D eigenvalue weighted by molar-refractivity contribution is -0.140. The van der Waals surface area contributed by atoms with Crippen molar-refractivity contribution in [2.24, 2.45) is 4.99 Å². The summed E-state index contributed by atoms with van der Waals surface area (Å²) in [5, 5.41) is 8.27. The topological polar surface area (TPSA) is 49.3 Å². The van der Waals surface area contributed by atoms with Gasteiger partial charge in [-0.1, -0.05) is 29.3 Å². The summed E-state index contributed by atoms with van der Waals surface area (Å²) in [7, 11) is 1.56. The summed E-state index contributed by atoms with van der Waals surface area (Å²) >= 11 is 12.8. The zero-order chi connectivity index (χ0) is 17.7. The summed E-state index contributed by atoms with van der Waals surface area (Å²) in [6.45, 7) is 0.524. The van der Waals surface area contributed by atoms with Crippen molar-refractivity contribution in [1.82, 2.24) is 15.6 Å². The van der Waals surface area contributed by atoms with Crippen LogP contribution in [0.5, 0.6) is 0 Å². The van der Waals surface area contributed by atoms with Crippen LogP contribution in [-0.2, 0) is 19.3 Å². The molecule has 0 radical (unpaired) electrons. The van der Waals surface area contributed by atoms with Crippen molar-refractivity contribution in [1.29, 1.82) is 0 Å². The van der Waals surface area contributed by atoms with Gasteiger partial charge in [0.05, 0.1) is 6.54 Å². The van der Waals surface area contributed by atoms with Crippen LogP contribution in [0.15, 0.2) is 28.6 Å². The van der Waals surface area contributed by atoms with Crippen LogP contribution in [0, 0.1) is 0 Å². The summed E-state index contributed by atoms with van der Waals surface area (Å²) in [5.41, 5.74) is -0.0715. The third kappa shape index (κ3) is 5.25. The van der Waals surface area contributed by atoms with Crippen LogP contribution in [-0.4, -0.2) is 18.0 Å². The first-order valence-corrected chi connectivity index (χ1v) is 8.33. The Bertz CT molecular complexity index is 731. The molecule has 0 saturated heterocycles. The summed E-state index contributed by atoms with van der Waals surface area (Å²) in [5.74, 6) is 0.421. The second kappa shape index (κ2) is 8.04. The highest BCUT2D eigenvalue weighted by Crippen LogP contribution is 2.29. The van der Waals surface area contributed by atoms with Gasteiger partial charge < -0.3 is 10.6 Å². The molecule has 0 aliphatic carbocycles. The van der Waals surface area contributed by atoms with Gasteiger partial charge in [0, 0.05) is 29.0 Å². The van der Waals surface area contributed by atoms with E-state index in [0.29, 0.717) is 27.6 Å². The third-order valence-electron chi connectivity index (χ3n) is 2.93. The maximum absolute atomic E-state index is 12.5. The van der Waals surface area contributed by atoms with Gasteiger partial charge >= 0.3 is 6.18 Å². The van der Waals surface area contributed by atoms with Gasteiger partial charge in [0.1, 0.15) is 5.01 Å². The summed E-state index contributed by atoms with van der Waals surface area (Å²) in [4.78, 5) is 7.54. The maximum Gasteiger partial charge on any atom is 0.434 e. The predicted octanol–water partition coefficient (Wildman–Crippen LogP) is 4.33. The van der Waals surface area contributed by atoms with Gasteiger partial charge in [-0.15, -0.1) is 11.3 Å². The molecule has 0 aliphatic heterocycles. The molecule has 1 aromatic carbocycles. The normalized spacial score (nSPS) is 12.3. The van der Waals surface area contributed by atoms with Gasteiger partial charge in [0.25, 0.3) is 0 Å². The lowest BCUT2D eigenvalue weighted by Gasteiger charge is -2.12. The molecule has 10 heteroatoms. The molecule has 0 saturated carbocycles. The maximum atomic E-state index is 12.5. The SMILES string of the molecule is CN=C(NCc1nc(C(F)(F)F)cs1)NCc1ccc(Cl)cc1Cl. The van der Waals surface area contributed by atoms with Crippen molar-refractivity contribution in [3.05, 3.63) is 49.9 Å². The lowest BCUT2D eigenvalue weighted by Crippen LogP contribution is -2.36. The van der Waals surface area contributed by atoms with Crippen molar-refractivity contribution in [3.63, 3.8) is 0 Å². The molecule has 0 fully saturated rings. The van der Waals surface area contributed by atoms with E-state index in [-0.39, 0.29) is 6.54 Å². The first kappa shape index (κ1) is 18.8. The standard InChI is InChI=1S/C14H13Cl2F3N4S/c1-20-13(21-5-8-2-3-9(15)4-10(8)16)22-6-12-23-11(7-24-12)14(17,18)19/h2-4,7H,5-6H2,1H3,(H2,20,21,22). The zero-order valence-corrected chi connectivity index (χ0v) is 14.7. The fourth-order valence-electron chi connectivity index (χ4n) is 1.75. The Balaban J connectivity index is 1.90. The van der Waals surface area contributed by atoms with Crippen LogP contribution < -0.4 is 10.6 Å². The van der Waals surface area contributed by atoms with Crippen LogP contribution in [0.3, 0.4) is 0 Å². The number of benzene rings is 1. The molecule has 0 aliphatic rings. The van der Waals surface area contributed by atoms with Crippen LogP contribution in [0.1, 0.15) is 16.3 Å². The number of nitrogens with one attached hydrogen (secondary N) is 2. The molecule has 0 bridgehead atoms. The van der Waals surface area contributed by atoms with E-state index in [1.807, 2.05) is 0 Å². The minimum Gasteiger partial charge on any atom is -0.352 e. The van der Waals surface area contributed by atoms with Crippen molar-refractivity contribution in [3.8, 4) is 0 Å². The van der Waals surface area contributed by atoms with E-state index in [2.05, 4.69) is 20.6 Å². The van der Waals surface area contributed by atoms with Crippen LogP contribution in [0.2, 0.25) is 10.0 Å². The minimum absolute atomic E-state index is 0.134. The van der Waals surface area contributed by atoms with Crippen molar-refractivity contribution >= 4 is 40.5 Å². The quantitative estimate of drug-likeness (QED) is 0.597. The van der Waals surface area contributed by atoms with Gasteiger partial charge in [0.15, 0.2) is 11.7 Å². The minimum atomic E-state index is -4.43. The number of hydrogen-bond acceptors (Lipinski definition) is 3. The molecule has 130 valence electrons. The van der Waals surface area contributed by atoms with E-state index in [1.165, 1.54) is 0 Å². The van der Waals surface area contributed by atoms with Crippen LogP contribution >= 0.6 is 34.5 Å². The first-order valence-electron chi connectivity index (χ1n) is 6.69. The summed E-state index contributed by atoms with van der Waals surface area (Å²) < 4.78 is 37.5. The van der Waals surface area contributed by atoms with Crippen LogP contribution in [0.25, 0.3) is 0 Å². The number of rotatable bonds is 4. The van der Waals surface area contributed by atoms with E-state index in [9.17, 15) is 13.2 Å². The molecule has 0 spiro atoms. The summed E-state index contributed by atoms with van der Waals surface area (Å²) in [6.07, 6.45) is -4.43. The number of guanidine groups is 1. The smallest absolute Gasteiger partial charge is 0.352 e. The van der Waals surface area contributed by atoms with Gasteiger partial charge in [-0.2, -0.15) is 13.2 Å². The molecule has 1 aromatic heterocycles. The number of thiazole rings is 1. The average Bonchev–Trinajstić information content (AvgIpc) is 2.98. The third-order valence-corrected chi connectivity index (χ3v) is 4.37. The second-order valence-corrected chi connectivity index (χ2v) is 6.43. The van der Waals surface area contributed by atoms with Gasteiger partial charge in [0.2, 0.25) is 0 Å². The Hall–Kier alpha value is -1.51. The molecule has 24 heavy (non-hydrogen) atoms. The monoisotopic (exact) mass is 396 g/mol. The van der Waals surface area contributed by atoms with Gasteiger partial charge in [-0.3, -0.25) is 4.99 Å². The lowest BCUT2D eigenvalue weighted by atomic mass is 10.2. The second-order valence-electron chi connectivity index (χ2n) is 4.64. The Labute approximate surface area is 150 Å². The van der Waals surface area contributed by atoms with E-state index in [1.54, 1.807) is 25.2 Å². The molecule has 2 N–H and O–H groups in total. The van der Waals surface area contributed by atoms with Gasteiger partial charge in [-0.25, -0.2) is 4.98 Å². The predicted molar refractivity (Wildman–Crippen MR) is 90.6 cm³/mol. The largest absolute Gasteiger partial charge is 0.434 e. The Morgan fingerprint density at radius 3 is 2.54 bits per heavy atom. The Morgan fingerprint density at radius 1 is 1.25 bits per heavy atom. The first-order chi connectivity index (χ1) is 11.3. The highest BCUT2D eigenvalue weighted by atomic mass is 35.5. The number of aliphatic imine (C=N–C) groups is 1. The fraction of sp³-hybridized carbons (Fsp3) is 0.286. The van der Waals surface area contributed by atoms with Crippen molar-refractivity contribution in [2.45, 2.75) is 19.3 Å². The van der Waals surface area contributed by atoms with Crippen molar-refractivity contribution in [2.75, 3.05) is 7.05 Å². The molecule has 0 unspecified atom stereocenters. The molecule has 1 heterocycles. The number of nitrogens with zero attached hydrogens (tertiary/aromatic N) is 2. The summed E-state index contributed by atoms with van der Waals surface area (Å²) in [6, 6.07) is 5.13. The fourth-order valence-corrected chi connectivity index (χ4v) is 2.96. The van der Waals surface area contributed by atoms with E-state index < -0.39 is 11.9 Å². The average molecular weight is 397 g/mol. The highest BCUT2D eigenvalue weighted by Gasteiger charge is 2.33. The number of aromatic nitrogens is 1. The van der Waals surface area contributed by atoms with Gasteiger partial charge in [-0.05, 0) is 17.7 Å². The molecule has 2 rings (SSSR count). The Kier molecular flexibility index (Phi) is 6.31. The van der Waals surface area contributed by atoms with E-state index in [4.69, 9.17) is 23.2 Å². The zero-order valence-electron chi connectivity index (χ0n) is 12.4. The number of halogens is 5. The van der Waals surface area contributed by atoms with E-state index >= 15 is 0 Å². The molecule has 0 atom stereocenters. The van der Waals surface area contributed by atoms with Crippen molar-refractivity contribution < 1.29 is 13.2 Å². The Morgan fingerprint density at radius 2 is 1.96 bits per heavy atom. The molecular weight excluding hydrogens is 384 g/mol. The van der Waals surface area contributed by atoms with Crippen LogP contribution in [0.4, 0.5) is 13.2 Å².